The fraction of sp³-hybridized carbons (Fsp3) is 0.923. The molecule has 96 valence electrons. The fourth-order valence-corrected chi connectivity index (χ4v) is 3.86. The van der Waals surface area contributed by atoms with Crippen LogP contribution in [0.2, 0.25) is 0 Å². The maximum absolute atomic E-state index is 11.7. The van der Waals surface area contributed by atoms with E-state index in [2.05, 4.69) is 0 Å². The van der Waals surface area contributed by atoms with E-state index in [4.69, 9.17) is 9.47 Å². The molecule has 2 saturated heterocycles. The van der Waals surface area contributed by atoms with Crippen molar-refractivity contribution in [2.75, 3.05) is 7.11 Å². The Kier molecular flexibility index (Phi) is 2.49. The summed E-state index contributed by atoms with van der Waals surface area (Å²) in [5.74, 6) is 0.706. The van der Waals surface area contributed by atoms with E-state index in [-0.39, 0.29) is 18.1 Å². The smallest absolute Gasteiger partial charge is 0.227 e. The molecule has 3 fully saturated rings. The summed E-state index contributed by atoms with van der Waals surface area (Å²) >= 11 is 0. The van der Waals surface area contributed by atoms with Gasteiger partial charge in [0, 0.05) is 25.5 Å². The van der Waals surface area contributed by atoms with Crippen molar-refractivity contribution in [2.24, 2.45) is 5.92 Å². The lowest BCUT2D eigenvalue weighted by Crippen LogP contribution is -2.73. The van der Waals surface area contributed by atoms with Crippen LogP contribution in [0.4, 0.5) is 0 Å². The Morgan fingerprint density at radius 3 is 2.82 bits per heavy atom. The van der Waals surface area contributed by atoms with E-state index >= 15 is 0 Å². The second kappa shape index (κ2) is 3.69. The Morgan fingerprint density at radius 1 is 1.41 bits per heavy atom. The average molecular weight is 239 g/mol. The number of hydrogen-bond donors (Lipinski definition) is 0. The van der Waals surface area contributed by atoms with Gasteiger partial charge in [-0.3, -0.25) is 4.79 Å². The van der Waals surface area contributed by atoms with Crippen LogP contribution in [-0.2, 0) is 14.3 Å². The van der Waals surface area contributed by atoms with Gasteiger partial charge in [-0.1, -0.05) is 6.42 Å². The predicted octanol–water partition coefficient (Wildman–Crippen LogP) is 1.54. The molecule has 3 unspecified atom stereocenters. The van der Waals surface area contributed by atoms with Crippen molar-refractivity contribution in [1.82, 2.24) is 4.90 Å². The van der Waals surface area contributed by atoms with Crippen LogP contribution in [-0.4, -0.2) is 41.9 Å². The van der Waals surface area contributed by atoms with E-state index in [0.29, 0.717) is 18.4 Å². The SMILES string of the molecule is COC1CCCC2C1OC(C)(C)N1C(=O)C[C@@H]21. The maximum Gasteiger partial charge on any atom is 0.227 e. The largest absolute Gasteiger partial charge is 0.379 e. The lowest BCUT2D eigenvalue weighted by Gasteiger charge is -2.61. The lowest BCUT2D eigenvalue weighted by molar-refractivity contribution is -0.286. The summed E-state index contributed by atoms with van der Waals surface area (Å²) in [6, 6.07) is 0.384. The Hall–Kier alpha value is -0.610. The number of rotatable bonds is 1. The fourth-order valence-electron chi connectivity index (χ4n) is 3.86. The topological polar surface area (TPSA) is 38.8 Å². The molecule has 0 aromatic carbocycles. The minimum Gasteiger partial charge on any atom is -0.379 e. The van der Waals surface area contributed by atoms with Gasteiger partial charge in [0.05, 0.1) is 12.2 Å². The Labute approximate surface area is 102 Å². The van der Waals surface area contributed by atoms with Crippen molar-refractivity contribution in [3.05, 3.63) is 0 Å². The Morgan fingerprint density at radius 2 is 2.18 bits per heavy atom. The first-order chi connectivity index (χ1) is 8.04. The summed E-state index contributed by atoms with van der Waals surface area (Å²) in [5.41, 5.74) is -0.463. The van der Waals surface area contributed by atoms with Gasteiger partial charge in [0.25, 0.3) is 0 Å². The zero-order chi connectivity index (χ0) is 12.2. The highest BCUT2D eigenvalue weighted by molar-refractivity contribution is 5.84. The summed E-state index contributed by atoms with van der Waals surface area (Å²) in [5, 5.41) is 0. The molecular formula is C13H21NO3. The van der Waals surface area contributed by atoms with E-state index in [0.717, 1.165) is 12.8 Å². The number of ether oxygens (including phenoxy) is 2. The number of carbonyl (C=O) groups is 1. The summed E-state index contributed by atoms with van der Waals surface area (Å²) in [6.07, 6.45) is 4.49. The number of amides is 1. The van der Waals surface area contributed by atoms with Crippen LogP contribution in [0.15, 0.2) is 0 Å². The van der Waals surface area contributed by atoms with Crippen LogP contribution >= 0.6 is 0 Å². The number of hydrogen-bond acceptors (Lipinski definition) is 3. The van der Waals surface area contributed by atoms with Crippen LogP contribution in [0, 0.1) is 5.92 Å². The van der Waals surface area contributed by atoms with Gasteiger partial charge in [-0.2, -0.15) is 0 Å². The molecule has 1 saturated carbocycles. The number of carbonyl (C=O) groups excluding carboxylic acids is 1. The molecule has 1 amide bonds. The highest BCUT2D eigenvalue weighted by Gasteiger charge is 2.58. The molecule has 17 heavy (non-hydrogen) atoms. The predicted molar refractivity (Wildman–Crippen MR) is 62.3 cm³/mol. The third kappa shape index (κ3) is 1.54. The molecule has 4 nitrogen and oxygen atoms in total. The van der Waals surface area contributed by atoms with Gasteiger partial charge >= 0.3 is 0 Å². The monoisotopic (exact) mass is 239 g/mol. The molecule has 1 aliphatic carbocycles. The molecule has 0 aromatic heterocycles. The number of fused-ring (bicyclic) bond motifs is 3. The summed E-state index contributed by atoms with van der Waals surface area (Å²) in [4.78, 5) is 13.7. The third-order valence-corrected chi connectivity index (χ3v) is 4.60. The van der Waals surface area contributed by atoms with E-state index in [1.54, 1.807) is 7.11 Å². The van der Waals surface area contributed by atoms with Crippen molar-refractivity contribution in [3.8, 4) is 0 Å². The van der Waals surface area contributed by atoms with Crippen LogP contribution < -0.4 is 0 Å². The normalized spacial score (nSPS) is 43.7. The van der Waals surface area contributed by atoms with Crippen LogP contribution in [0.3, 0.4) is 0 Å². The zero-order valence-corrected chi connectivity index (χ0v) is 10.8. The first-order valence-corrected chi connectivity index (χ1v) is 6.57. The molecule has 4 atom stereocenters. The van der Waals surface area contributed by atoms with Crippen molar-refractivity contribution >= 4 is 5.91 Å². The lowest BCUT2D eigenvalue weighted by atomic mass is 9.72. The molecule has 4 heteroatoms. The third-order valence-electron chi connectivity index (χ3n) is 4.60. The first kappa shape index (κ1) is 11.5. The average Bonchev–Trinajstić information content (AvgIpc) is 2.24. The second-order valence-corrected chi connectivity index (χ2v) is 5.93. The van der Waals surface area contributed by atoms with Crippen molar-refractivity contribution in [1.29, 1.82) is 0 Å². The highest BCUT2D eigenvalue weighted by Crippen LogP contribution is 2.47. The maximum atomic E-state index is 11.7. The Bertz CT molecular complexity index is 342. The summed E-state index contributed by atoms with van der Waals surface area (Å²) in [7, 11) is 1.77. The minimum atomic E-state index is -0.463. The van der Waals surface area contributed by atoms with Crippen LogP contribution in [0.5, 0.6) is 0 Å². The molecule has 3 rings (SSSR count). The van der Waals surface area contributed by atoms with E-state index in [1.165, 1.54) is 6.42 Å². The zero-order valence-electron chi connectivity index (χ0n) is 10.8. The molecule has 2 aliphatic heterocycles. The van der Waals surface area contributed by atoms with Gasteiger partial charge in [0.2, 0.25) is 5.91 Å². The minimum absolute atomic E-state index is 0.165. The van der Waals surface area contributed by atoms with Crippen molar-refractivity contribution < 1.29 is 14.3 Å². The number of nitrogens with zero attached hydrogens (tertiary/aromatic N) is 1. The summed E-state index contributed by atoms with van der Waals surface area (Å²) < 4.78 is 11.7. The van der Waals surface area contributed by atoms with Gasteiger partial charge in [0.1, 0.15) is 5.72 Å². The molecule has 0 bridgehead atoms. The molecule has 0 spiro atoms. The molecule has 0 N–H and O–H groups in total. The molecule has 0 radical (unpaired) electrons. The van der Waals surface area contributed by atoms with Gasteiger partial charge in [-0.05, 0) is 26.7 Å². The van der Waals surface area contributed by atoms with Gasteiger partial charge in [-0.15, -0.1) is 0 Å². The van der Waals surface area contributed by atoms with Crippen LogP contribution in [0.25, 0.3) is 0 Å². The van der Waals surface area contributed by atoms with Gasteiger partial charge < -0.3 is 14.4 Å². The quantitative estimate of drug-likeness (QED) is 0.651. The van der Waals surface area contributed by atoms with Gasteiger partial charge in [-0.25, -0.2) is 0 Å². The standard InChI is InChI=1S/C13H21NO3/c1-13(2)14-9(7-11(14)15)8-5-4-6-10(16-3)12(8)17-13/h8-10,12H,4-7H2,1-3H3/t8?,9-,10?,12?/m0/s1. The Balaban J connectivity index is 1.87. The van der Waals surface area contributed by atoms with Crippen molar-refractivity contribution in [3.63, 3.8) is 0 Å². The van der Waals surface area contributed by atoms with Gasteiger partial charge in [0.15, 0.2) is 0 Å². The van der Waals surface area contributed by atoms with E-state index in [9.17, 15) is 4.79 Å². The highest BCUT2D eigenvalue weighted by atomic mass is 16.6. The van der Waals surface area contributed by atoms with Crippen molar-refractivity contribution in [2.45, 2.75) is 63.5 Å². The molecule has 2 heterocycles. The molecular weight excluding hydrogens is 218 g/mol. The van der Waals surface area contributed by atoms with Crippen LogP contribution in [0.1, 0.15) is 39.5 Å². The number of methoxy groups -OCH3 is 1. The second-order valence-electron chi connectivity index (χ2n) is 5.93. The molecule has 3 aliphatic rings. The summed E-state index contributed by atoms with van der Waals surface area (Å²) in [6.45, 7) is 3.99. The first-order valence-electron chi connectivity index (χ1n) is 6.57. The molecule has 0 aromatic rings. The van der Waals surface area contributed by atoms with E-state index in [1.807, 2.05) is 18.7 Å². The van der Waals surface area contributed by atoms with E-state index < -0.39 is 5.72 Å². The number of β-lactam (4-membered cyclic amide) rings is 1.